The molecule has 76 valence electrons. The van der Waals surface area contributed by atoms with Crippen LogP contribution in [0.25, 0.3) is 0 Å². The molecule has 8 heteroatoms. The van der Waals surface area contributed by atoms with Crippen molar-refractivity contribution in [3.63, 3.8) is 0 Å². The number of nitrogens with two attached hydrogens (primary N) is 1. The molecule has 1 aromatic rings. The summed E-state index contributed by atoms with van der Waals surface area (Å²) in [6.45, 7) is 1.55. The van der Waals surface area contributed by atoms with Crippen LogP contribution in [0.4, 0.5) is 0 Å². The minimum absolute atomic E-state index is 0.143. The maximum Gasteiger partial charge on any atom is 0.294 e. The van der Waals surface area contributed by atoms with Gasteiger partial charge in [-0.1, -0.05) is 0 Å². The minimum atomic E-state index is -0.326. The summed E-state index contributed by atoms with van der Waals surface area (Å²) in [6, 6.07) is 1.90. The molecule has 15 heavy (non-hydrogen) atoms. The van der Waals surface area contributed by atoms with Crippen LogP contribution < -0.4 is 16.7 Å². The van der Waals surface area contributed by atoms with E-state index in [4.69, 9.17) is 11.0 Å². The first-order valence-electron chi connectivity index (χ1n) is 3.94. The van der Waals surface area contributed by atoms with Gasteiger partial charge in [-0.15, -0.1) is 10.2 Å². The molecular formula is C7H6N6OS. The van der Waals surface area contributed by atoms with Gasteiger partial charge in [-0.05, 0) is 18.7 Å². The summed E-state index contributed by atoms with van der Waals surface area (Å²) in [6.07, 6.45) is 0. The number of hydrogen-bond acceptors (Lipinski definition) is 7. The summed E-state index contributed by atoms with van der Waals surface area (Å²) in [4.78, 5) is 11.8. The number of aryl methyl sites for hydroxylation is 1. The van der Waals surface area contributed by atoms with Gasteiger partial charge >= 0.3 is 0 Å². The molecule has 0 saturated heterocycles. The molecule has 0 fully saturated rings. The standard InChI is InChI=1S/C7H6N6OS/c1-3-6(14)13-7(11-10-3)15-4(2-8)5(9)12-13/h12H,9H2,1H3. The first kappa shape index (κ1) is 9.54. The van der Waals surface area contributed by atoms with Crippen LogP contribution in [0, 0.1) is 18.3 Å². The molecule has 0 amide bonds. The van der Waals surface area contributed by atoms with Crippen molar-refractivity contribution in [2.45, 2.75) is 12.1 Å². The molecule has 1 aliphatic heterocycles. The summed E-state index contributed by atoms with van der Waals surface area (Å²) in [7, 11) is 0. The number of aromatic nitrogens is 3. The van der Waals surface area contributed by atoms with E-state index in [9.17, 15) is 4.79 Å². The van der Waals surface area contributed by atoms with Crippen molar-refractivity contribution in [3.8, 4) is 6.07 Å². The van der Waals surface area contributed by atoms with E-state index in [1.807, 2.05) is 6.07 Å². The average Bonchev–Trinajstić information content (AvgIpc) is 2.24. The van der Waals surface area contributed by atoms with Gasteiger partial charge in [-0.3, -0.25) is 10.2 Å². The Balaban J connectivity index is 2.59. The summed E-state index contributed by atoms with van der Waals surface area (Å²) in [5, 5.41) is 16.5. The highest BCUT2D eigenvalue weighted by Crippen LogP contribution is 2.26. The molecule has 7 nitrogen and oxygen atoms in total. The molecule has 2 heterocycles. The van der Waals surface area contributed by atoms with Gasteiger partial charge in [-0.2, -0.15) is 9.94 Å². The maximum atomic E-state index is 11.6. The lowest BCUT2D eigenvalue weighted by Gasteiger charge is -2.18. The Labute approximate surface area is 88.6 Å². The Kier molecular flexibility index (Phi) is 2.09. The van der Waals surface area contributed by atoms with Gasteiger partial charge in [0.2, 0.25) is 5.16 Å². The van der Waals surface area contributed by atoms with Gasteiger partial charge in [0.1, 0.15) is 22.5 Å². The number of nitrogens with one attached hydrogen (secondary N) is 1. The van der Waals surface area contributed by atoms with E-state index in [2.05, 4.69) is 15.6 Å². The number of allylic oxidation sites excluding steroid dienone is 1. The topological polar surface area (TPSA) is 110 Å². The van der Waals surface area contributed by atoms with Crippen molar-refractivity contribution < 1.29 is 0 Å². The van der Waals surface area contributed by atoms with E-state index in [0.717, 1.165) is 11.8 Å². The van der Waals surface area contributed by atoms with Crippen LogP contribution in [0.3, 0.4) is 0 Å². The third-order valence-corrected chi connectivity index (χ3v) is 2.72. The average molecular weight is 222 g/mol. The van der Waals surface area contributed by atoms with Crippen molar-refractivity contribution in [3.05, 3.63) is 26.8 Å². The summed E-state index contributed by atoms with van der Waals surface area (Å²) in [5.41, 5.74) is 8.06. The first-order valence-corrected chi connectivity index (χ1v) is 4.76. The van der Waals surface area contributed by atoms with Crippen LogP contribution in [0.5, 0.6) is 0 Å². The Morgan fingerprint density at radius 2 is 2.33 bits per heavy atom. The quantitative estimate of drug-likeness (QED) is 0.594. The van der Waals surface area contributed by atoms with E-state index in [1.165, 1.54) is 4.68 Å². The highest BCUT2D eigenvalue weighted by molar-refractivity contribution is 8.03. The largest absolute Gasteiger partial charge is 0.383 e. The fraction of sp³-hybridized carbons (Fsp3) is 0.143. The van der Waals surface area contributed by atoms with Crippen molar-refractivity contribution in [2.75, 3.05) is 5.43 Å². The smallest absolute Gasteiger partial charge is 0.294 e. The maximum absolute atomic E-state index is 11.6. The molecule has 0 aromatic carbocycles. The van der Waals surface area contributed by atoms with E-state index in [-0.39, 0.29) is 22.0 Å². The number of hydrogen-bond donors (Lipinski definition) is 2. The first-order chi connectivity index (χ1) is 7.13. The Bertz CT molecular complexity index is 554. The second-order valence-corrected chi connectivity index (χ2v) is 3.75. The molecule has 0 radical (unpaired) electrons. The number of thioether (sulfide) groups is 1. The van der Waals surface area contributed by atoms with E-state index < -0.39 is 0 Å². The van der Waals surface area contributed by atoms with Crippen LogP contribution in [0.2, 0.25) is 0 Å². The molecule has 2 rings (SSSR count). The zero-order valence-electron chi connectivity index (χ0n) is 7.68. The number of fused-ring (bicyclic) bond motifs is 1. The predicted octanol–water partition coefficient (Wildman–Crippen LogP) is -0.753. The molecule has 0 aliphatic carbocycles. The normalized spacial score (nSPS) is 14.1. The van der Waals surface area contributed by atoms with Gasteiger partial charge in [0.05, 0.1) is 0 Å². The fourth-order valence-corrected chi connectivity index (χ4v) is 1.70. The van der Waals surface area contributed by atoms with E-state index in [0.29, 0.717) is 5.16 Å². The SMILES string of the molecule is Cc1nnc2n(c1=O)NC(N)=C(C#N)S2. The second kappa shape index (κ2) is 3.29. The molecule has 0 unspecified atom stereocenters. The Morgan fingerprint density at radius 3 is 3.00 bits per heavy atom. The number of nitrogens with zero attached hydrogens (tertiary/aromatic N) is 4. The number of rotatable bonds is 0. The highest BCUT2D eigenvalue weighted by atomic mass is 32.2. The molecule has 0 atom stereocenters. The summed E-state index contributed by atoms with van der Waals surface area (Å²) in [5.74, 6) is 0.143. The monoisotopic (exact) mass is 222 g/mol. The third kappa shape index (κ3) is 1.42. The van der Waals surface area contributed by atoms with Gasteiger partial charge in [0.25, 0.3) is 5.56 Å². The van der Waals surface area contributed by atoms with E-state index in [1.54, 1.807) is 6.92 Å². The summed E-state index contributed by atoms with van der Waals surface area (Å²) < 4.78 is 1.17. The van der Waals surface area contributed by atoms with Gasteiger partial charge in [0, 0.05) is 0 Å². The zero-order chi connectivity index (χ0) is 11.0. The van der Waals surface area contributed by atoms with Crippen LogP contribution in [-0.2, 0) is 0 Å². The number of nitriles is 1. The Morgan fingerprint density at radius 1 is 1.60 bits per heavy atom. The molecule has 1 aliphatic rings. The predicted molar refractivity (Wildman–Crippen MR) is 53.1 cm³/mol. The Hall–Kier alpha value is -2.01. The van der Waals surface area contributed by atoms with Crippen LogP contribution in [0.1, 0.15) is 5.69 Å². The van der Waals surface area contributed by atoms with Crippen molar-refractivity contribution in [1.29, 1.82) is 5.26 Å². The van der Waals surface area contributed by atoms with Crippen molar-refractivity contribution in [1.82, 2.24) is 14.9 Å². The molecule has 3 N–H and O–H groups in total. The van der Waals surface area contributed by atoms with Crippen LogP contribution in [-0.4, -0.2) is 14.9 Å². The van der Waals surface area contributed by atoms with Crippen molar-refractivity contribution >= 4 is 11.8 Å². The fourth-order valence-electron chi connectivity index (χ4n) is 1.02. The van der Waals surface area contributed by atoms with E-state index >= 15 is 0 Å². The highest BCUT2D eigenvalue weighted by Gasteiger charge is 2.19. The lowest BCUT2D eigenvalue weighted by Crippen LogP contribution is -2.37. The lowest BCUT2D eigenvalue weighted by atomic mass is 10.5. The van der Waals surface area contributed by atoms with Gasteiger partial charge in [-0.25, -0.2) is 0 Å². The molecular weight excluding hydrogens is 216 g/mol. The molecule has 0 spiro atoms. The van der Waals surface area contributed by atoms with Crippen LogP contribution >= 0.6 is 11.8 Å². The third-order valence-electron chi connectivity index (χ3n) is 1.76. The molecule has 0 saturated carbocycles. The minimum Gasteiger partial charge on any atom is -0.383 e. The second-order valence-electron chi connectivity index (χ2n) is 2.78. The van der Waals surface area contributed by atoms with Crippen LogP contribution in [0.15, 0.2) is 20.7 Å². The zero-order valence-corrected chi connectivity index (χ0v) is 8.50. The molecule has 0 bridgehead atoms. The lowest BCUT2D eigenvalue weighted by molar-refractivity contribution is 0.652. The summed E-state index contributed by atoms with van der Waals surface area (Å²) >= 11 is 1.01. The van der Waals surface area contributed by atoms with Gasteiger partial charge < -0.3 is 5.73 Å². The van der Waals surface area contributed by atoms with Gasteiger partial charge in [0.15, 0.2) is 0 Å². The molecule has 1 aromatic heterocycles. The van der Waals surface area contributed by atoms with Crippen molar-refractivity contribution in [2.24, 2.45) is 5.73 Å².